The van der Waals surface area contributed by atoms with Crippen LogP contribution in [0.1, 0.15) is 22.3 Å². The average molecular weight is 359 g/mol. The number of carbonyl (C=O) groups is 1. The minimum atomic E-state index is -0.704. The van der Waals surface area contributed by atoms with Gasteiger partial charge in [-0.3, -0.25) is 9.69 Å². The highest BCUT2D eigenvalue weighted by Crippen LogP contribution is 2.28. The third-order valence-electron chi connectivity index (χ3n) is 4.89. The molecule has 4 heteroatoms. The largest absolute Gasteiger partial charge is 0.489 e. The number of carboxylic acid groups (broad SMARTS) is 1. The molecule has 2 aromatic rings. The van der Waals surface area contributed by atoms with E-state index >= 15 is 0 Å². The first-order valence-corrected chi connectivity index (χ1v) is 9.07. The molecule has 0 radical (unpaired) electrons. The zero-order valence-electron chi connectivity index (χ0n) is 15.2. The van der Waals surface area contributed by atoms with Gasteiger partial charge in [-0.25, -0.2) is 0 Å². The van der Waals surface area contributed by atoms with Gasteiger partial charge in [0.05, 0.1) is 5.92 Å². The molecule has 0 unspecified atom stereocenters. The highest BCUT2D eigenvalue weighted by molar-refractivity contribution is 5.71. The molecule has 0 bridgehead atoms. The highest BCUT2D eigenvalue weighted by Gasteiger charge is 2.32. The summed E-state index contributed by atoms with van der Waals surface area (Å²) in [5.74, 6) is 6.32. The topological polar surface area (TPSA) is 49.8 Å². The number of ether oxygens (including phenoxy) is 1. The number of nitrogens with zero attached hydrogens (tertiary/aromatic N) is 1. The number of benzene rings is 2. The fraction of sp³-hybridized carbons (Fsp3) is 0.261. The van der Waals surface area contributed by atoms with Gasteiger partial charge < -0.3 is 9.84 Å². The SMILES string of the molecule is Cc1cccc(C#Cc2ccc3c(c2)OCC(CN2CC(C(=O)O)C2)=C3)c1. The van der Waals surface area contributed by atoms with Crippen LogP contribution in [0.3, 0.4) is 0 Å². The number of aryl methyl sites for hydroxylation is 1. The van der Waals surface area contributed by atoms with Crippen molar-refractivity contribution < 1.29 is 14.6 Å². The minimum absolute atomic E-state index is 0.225. The summed E-state index contributed by atoms with van der Waals surface area (Å²) < 4.78 is 5.91. The summed E-state index contributed by atoms with van der Waals surface area (Å²) in [5.41, 5.74) is 5.35. The molecule has 1 fully saturated rings. The van der Waals surface area contributed by atoms with Crippen molar-refractivity contribution in [2.24, 2.45) is 5.92 Å². The zero-order chi connectivity index (χ0) is 18.8. The third-order valence-corrected chi connectivity index (χ3v) is 4.89. The van der Waals surface area contributed by atoms with Gasteiger partial charge in [-0.05, 0) is 48.4 Å². The van der Waals surface area contributed by atoms with Crippen molar-refractivity contribution in [2.45, 2.75) is 6.92 Å². The summed E-state index contributed by atoms with van der Waals surface area (Å²) >= 11 is 0. The zero-order valence-corrected chi connectivity index (χ0v) is 15.2. The Hall–Kier alpha value is -3.03. The first-order chi connectivity index (χ1) is 13.1. The Morgan fingerprint density at radius 2 is 1.96 bits per heavy atom. The molecule has 2 aliphatic rings. The first kappa shape index (κ1) is 17.4. The molecule has 0 atom stereocenters. The summed E-state index contributed by atoms with van der Waals surface area (Å²) in [7, 11) is 0. The highest BCUT2D eigenvalue weighted by atomic mass is 16.5. The molecule has 0 saturated carbocycles. The number of hydrogen-bond donors (Lipinski definition) is 1. The summed E-state index contributed by atoms with van der Waals surface area (Å²) in [6.45, 7) is 4.60. The second kappa shape index (κ2) is 7.30. The predicted octanol–water partition coefficient (Wildman–Crippen LogP) is 3.19. The molecule has 4 rings (SSSR count). The van der Waals surface area contributed by atoms with Crippen LogP contribution in [0.4, 0.5) is 0 Å². The second-order valence-electron chi connectivity index (χ2n) is 7.19. The van der Waals surface area contributed by atoms with Gasteiger partial charge in [0.25, 0.3) is 0 Å². The molecule has 2 aromatic carbocycles. The van der Waals surface area contributed by atoms with Crippen molar-refractivity contribution in [1.82, 2.24) is 4.90 Å². The van der Waals surface area contributed by atoms with Crippen LogP contribution in [0.15, 0.2) is 48.0 Å². The Morgan fingerprint density at radius 1 is 1.19 bits per heavy atom. The maximum Gasteiger partial charge on any atom is 0.309 e. The molecule has 0 aliphatic carbocycles. The number of hydrogen-bond acceptors (Lipinski definition) is 3. The number of rotatable bonds is 3. The van der Waals surface area contributed by atoms with E-state index in [-0.39, 0.29) is 5.92 Å². The van der Waals surface area contributed by atoms with Crippen LogP contribution in [0, 0.1) is 24.7 Å². The van der Waals surface area contributed by atoms with Crippen molar-refractivity contribution in [3.05, 3.63) is 70.3 Å². The van der Waals surface area contributed by atoms with Gasteiger partial charge in [-0.2, -0.15) is 0 Å². The molecule has 0 aromatic heterocycles. The molecular formula is C23H21NO3. The Morgan fingerprint density at radius 3 is 2.70 bits per heavy atom. The van der Waals surface area contributed by atoms with Gasteiger partial charge in [0.1, 0.15) is 12.4 Å². The van der Waals surface area contributed by atoms with Gasteiger partial charge >= 0.3 is 5.97 Å². The lowest BCUT2D eigenvalue weighted by Gasteiger charge is -2.37. The lowest BCUT2D eigenvalue weighted by Crippen LogP contribution is -2.51. The molecule has 1 saturated heterocycles. The summed E-state index contributed by atoms with van der Waals surface area (Å²) in [4.78, 5) is 13.0. The van der Waals surface area contributed by atoms with Crippen molar-refractivity contribution >= 4 is 12.0 Å². The smallest absolute Gasteiger partial charge is 0.309 e. The van der Waals surface area contributed by atoms with Crippen LogP contribution in [-0.2, 0) is 4.79 Å². The third kappa shape index (κ3) is 4.05. The second-order valence-corrected chi connectivity index (χ2v) is 7.19. The Balaban J connectivity index is 1.44. The summed E-state index contributed by atoms with van der Waals surface area (Å²) in [6.07, 6.45) is 2.14. The fourth-order valence-corrected chi connectivity index (χ4v) is 3.39. The Kier molecular flexibility index (Phi) is 4.70. The van der Waals surface area contributed by atoms with Crippen LogP contribution in [0.5, 0.6) is 5.75 Å². The van der Waals surface area contributed by atoms with Crippen molar-refractivity contribution in [1.29, 1.82) is 0 Å². The van der Waals surface area contributed by atoms with E-state index in [1.807, 2.05) is 30.3 Å². The van der Waals surface area contributed by atoms with Crippen molar-refractivity contribution in [2.75, 3.05) is 26.2 Å². The molecular weight excluding hydrogens is 338 g/mol. The van der Waals surface area contributed by atoms with Crippen molar-refractivity contribution in [3.8, 4) is 17.6 Å². The van der Waals surface area contributed by atoms with Crippen molar-refractivity contribution in [3.63, 3.8) is 0 Å². The molecule has 27 heavy (non-hydrogen) atoms. The molecule has 0 spiro atoms. The van der Waals surface area contributed by atoms with Crippen LogP contribution in [-0.4, -0.2) is 42.2 Å². The molecule has 136 valence electrons. The monoisotopic (exact) mass is 359 g/mol. The summed E-state index contributed by atoms with van der Waals surface area (Å²) in [6, 6.07) is 14.2. The van der Waals surface area contributed by atoms with Gasteiger partial charge in [0, 0.05) is 36.3 Å². The minimum Gasteiger partial charge on any atom is -0.489 e. The molecule has 2 aliphatic heterocycles. The Bertz CT molecular complexity index is 975. The van der Waals surface area contributed by atoms with Gasteiger partial charge in [0.15, 0.2) is 0 Å². The summed E-state index contributed by atoms with van der Waals surface area (Å²) in [5, 5.41) is 8.97. The quantitative estimate of drug-likeness (QED) is 0.855. The van der Waals surface area contributed by atoms with E-state index in [1.165, 1.54) is 11.1 Å². The molecule has 1 N–H and O–H groups in total. The average Bonchev–Trinajstić information content (AvgIpc) is 2.62. The van der Waals surface area contributed by atoms with E-state index in [2.05, 4.69) is 41.9 Å². The fourth-order valence-electron chi connectivity index (χ4n) is 3.39. The standard InChI is InChI=1S/C23H21NO3/c1-16-3-2-4-17(9-16)5-6-18-7-8-20-10-19(15-27-22(20)11-18)12-24-13-21(14-24)23(25)26/h2-4,7-11,21H,12-15H2,1H3,(H,25,26). The molecule has 0 amide bonds. The van der Waals surface area contributed by atoms with Gasteiger partial charge in [0.2, 0.25) is 0 Å². The van der Waals surface area contributed by atoms with Crippen LogP contribution < -0.4 is 4.74 Å². The van der Waals surface area contributed by atoms with E-state index in [9.17, 15) is 4.79 Å². The lowest BCUT2D eigenvalue weighted by molar-refractivity contribution is -0.147. The number of carboxylic acids is 1. The molecule has 2 heterocycles. The van der Waals surface area contributed by atoms with E-state index in [0.29, 0.717) is 19.7 Å². The maximum absolute atomic E-state index is 10.9. The normalized spacial score (nSPS) is 16.3. The van der Waals surface area contributed by atoms with Crippen LogP contribution in [0.2, 0.25) is 0 Å². The number of likely N-dealkylation sites (tertiary alicyclic amines) is 1. The van der Waals surface area contributed by atoms with E-state index in [4.69, 9.17) is 9.84 Å². The van der Waals surface area contributed by atoms with Gasteiger partial charge in [-0.15, -0.1) is 0 Å². The van der Waals surface area contributed by atoms with Gasteiger partial charge in [-0.1, -0.05) is 30.0 Å². The van der Waals surface area contributed by atoms with E-state index in [0.717, 1.165) is 29.0 Å². The number of aliphatic carboxylic acids is 1. The van der Waals surface area contributed by atoms with E-state index < -0.39 is 5.97 Å². The van der Waals surface area contributed by atoms with Crippen LogP contribution in [0.25, 0.3) is 6.08 Å². The lowest BCUT2D eigenvalue weighted by atomic mass is 9.98. The molecule has 4 nitrogen and oxygen atoms in total. The van der Waals surface area contributed by atoms with E-state index in [1.54, 1.807) is 0 Å². The predicted molar refractivity (Wildman–Crippen MR) is 105 cm³/mol. The number of fused-ring (bicyclic) bond motifs is 1. The first-order valence-electron chi connectivity index (χ1n) is 9.07. The Labute approximate surface area is 159 Å². The van der Waals surface area contributed by atoms with Crippen LogP contribution >= 0.6 is 0 Å². The maximum atomic E-state index is 10.9.